The molecule has 0 spiro atoms. The van der Waals surface area contributed by atoms with Crippen molar-refractivity contribution in [3.63, 3.8) is 0 Å². The maximum absolute atomic E-state index is 6.01. The highest BCUT2D eigenvalue weighted by molar-refractivity contribution is 6.30. The normalized spacial score (nSPS) is 12.6. The number of alkyl halides is 1. The van der Waals surface area contributed by atoms with Crippen LogP contribution in [-0.2, 0) is 12.8 Å². The lowest BCUT2D eigenvalue weighted by Gasteiger charge is -2.12. The third kappa shape index (κ3) is 3.79. The molecule has 17 heavy (non-hydrogen) atoms. The van der Waals surface area contributed by atoms with E-state index in [0.717, 1.165) is 17.9 Å². The molecule has 90 valence electrons. The Bertz CT molecular complexity index is 451. The van der Waals surface area contributed by atoms with Gasteiger partial charge in [-0.05, 0) is 48.1 Å². The Kier molecular flexibility index (Phi) is 4.52. The second kappa shape index (κ2) is 6.13. The molecule has 2 rings (SSSR count). The summed E-state index contributed by atoms with van der Waals surface area (Å²) < 4.78 is 5.07. The molecule has 0 aliphatic heterocycles. The van der Waals surface area contributed by atoms with Gasteiger partial charge in [0.25, 0.3) is 0 Å². The molecule has 0 aliphatic carbocycles. The zero-order valence-electron chi connectivity index (χ0n) is 9.40. The van der Waals surface area contributed by atoms with Gasteiger partial charge in [0.05, 0.1) is 12.5 Å². The molecule has 0 bridgehead atoms. The van der Waals surface area contributed by atoms with Crippen molar-refractivity contribution < 1.29 is 4.42 Å². The summed E-state index contributed by atoms with van der Waals surface area (Å²) in [6.07, 6.45) is 5.35. The molecule has 3 heteroatoms. The molecule has 1 aromatic carbocycles. The second-order valence-corrected chi connectivity index (χ2v) is 4.94. The van der Waals surface area contributed by atoms with Crippen LogP contribution in [0.3, 0.4) is 0 Å². The molecule has 1 heterocycles. The minimum absolute atomic E-state index is 0.410. The summed E-state index contributed by atoms with van der Waals surface area (Å²) in [6, 6.07) is 9.92. The van der Waals surface area contributed by atoms with E-state index in [1.165, 1.54) is 11.1 Å². The van der Waals surface area contributed by atoms with Crippen LogP contribution < -0.4 is 0 Å². The van der Waals surface area contributed by atoms with Crippen molar-refractivity contribution in [1.29, 1.82) is 0 Å². The summed E-state index contributed by atoms with van der Waals surface area (Å²) in [6.45, 7) is 0. The predicted octanol–water partition coefficient (Wildman–Crippen LogP) is 4.57. The van der Waals surface area contributed by atoms with Crippen LogP contribution in [0.5, 0.6) is 0 Å². The Labute approximate surface area is 111 Å². The highest BCUT2D eigenvalue weighted by atomic mass is 35.5. The van der Waals surface area contributed by atoms with Crippen LogP contribution in [0, 0.1) is 5.92 Å². The Balaban J connectivity index is 2.00. The van der Waals surface area contributed by atoms with Crippen LogP contribution >= 0.6 is 23.2 Å². The lowest BCUT2D eigenvalue weighted by molar-refractivity contribution is 0.548. The van der Waals surface area contributed by atoms with Crippen LogP contribution in [0.4, 0.5) is 0 Å². The number of benzene rings is 1. The lowest BCUT2D eigenvalue weighted by Crippen LogP contribution is -2.09. The van der Waals surface area contributed by atoms with Crippen molar-refractivity contribution in [2.75, 3.05) is 5.88 Å². The summed E-state index contributed by atoms with van der Waals surface area (Å²) in [4.78, 5) is 0. The first-order valence-corrected chi connectivity index (χ1v) is 6.50. The standard InChI is InChI=1S/C14H14Cl2O/c15-9-13(7-12-4-5-17-10-12)6-11-2-1-3-14(16)8-11/h1-5,8,10,13H,6-7,9H2. The minimum atomic E-state index is 0.410. The molecule has 0 fully saturated rings. The van der Waals surface area contributed by atoms with Gasteiger partial charge in [-0.3, -0.25) is 0 Å². The molecule has 0 saturated carbocycles. The van der Waals surface area contributed by atoms with E-state index in [1.54, 1.807) is 12.5 Å². The molecule has 1 aromatic heterocycles. The van der Waals surface area contributed by atoms with E-state index >= 15 is 0 Å². The number of hydrogen-bond acceptors (Lipinski definition) is 1. The van der Waals surface area contributed by atoms with Gasteiger partial charge in [-0.1, -0.05) is 23.7 Å². The number of rotatable bonds is 5. The van der Waals surface area contributed by atoms with Crippen molar-refractivity contribution in [2.45, 2.75) is 12.8 Å². The first-order valence-electron chi connectivity index (χ1n) is 5.59. The van der Waals surface area contributed by atoms with Crippen LogP contribution in [0.15, 0.2) is 47.3 Å². The molecule has 1 atom stereocenters. The Hall–Kier alpha value is -0.920. The van der Waals surface area contributed by atoms with Crippen molar-refractivity contribution in [3.8, 4) is 0 Å². The van der Waals surface area contributed by atoms with Gasteiger partial charge in [-0.2, -0.15) is 0 Å². The largest absolute Gasteiger partial charge is 0.472 e. The van der Waals surface area contributed by atoms with Gasteiger partial charge in [0.2, 0.25) is 0 Å². The average Bonchev–Trinajstić information content (AvgIpc) is 2.81. The summed E-state index contributed by atoms with van der Waals surface area (Å²) in [5.41, 5.74) is 2.42. The molecular weight excluding hydrogens is 255 g/mol. The Morgan fingerprint density at radius 3 is 2.59 bits per heavy atom. The van der Waals surface area contributed by atoms with E-state index in [4.69, 9.17) is 27.6 Å². The first kappa shape index (κ1) is 12.5. The van der Waals surface area contributed by atoms with E-state index < -0.39 is 0 Å². The van der Waals surface area contributed by atoms with Crippen LogP contribution in [0.25, 0.3) is 0 Å². The van der Waals surface area contributed by atoms with Gasteiger partial charge in [0.15, 0.2) is 0 Å². The first-order chi connectivity index (χ1) is 8.28. The van der Waals surface area contributed by atoms with Crippen LogP contribution in [0.2, 0.25) is 5.02 Å². The van der Waals surface area contributed by atoms with E-state index in [1.807, 2.05) is 24.3 Å². The van der Waals surface area contributed by atoms with Crippen molar-refractivity contribution in [1.82, 2.24) is 0 Å². The van der Waals surface area contributed by atoms with Gasteiger partial charge < -0.3 is 4.42 Å². The number of furan rings is 1. The molecule has 0 aliphatic rings. The monoisotopic (exact) mass is 268 g/mol. The predicted molar refractivity (Wildman–Crippen MR) is 71.8 cm³/mol. The minimum Gasteiger partial charge on any atom is -0.472 e. The van der Waals surface area contributed by atoms with Gasteiger partial charge in [-0.25, -0.2) is 0 Å². The molecule has 1 nitrogen and oxygen atoms in total. The Morgan fingerprint density at radius 2 is 1.94 bits per heavy atom. The second-order valence-electron chi connectivity index (χ2n) is 4.19. The fraction of sp³-hybridized carbons (Fsp3) is 0.286. The van der Waals surface area contributed by atoms with Gasteiger partial charge >= 0.3 is 0 Å². The summed E-state index contributed by atoms with van der Waals surface area (Å²) in [5.74, 6) is 1.05. The zero-order valence-corrected chi connectivity index (χ0v) is 10.9. The number of hydrogen-bond donors (Lipinski definition) is 0. The average molecular weight is 269 g/mol. The van der Waals surface area contributed by atoms with E-state index in [-0.39, 0.29) is 0 Å². The third-order valence-corrected chi connectivity index (χ3v) is 3.41. The maximum atomic E-state index is 6.01. The molecule has 0 saturated heterocycles. The fourth-order valence-corrected chi connectivity index (χ4v) is 2.35. The maximum Gasteiger partial charge on any atom is 0.0934 e. The highest BCUT2D eigenvalue weighted by Gasteiger charge is 2.10. The lowest BCUT2D eigenvalue weighted by atomic mass is 9.95. The van der Waals surface area contributed by atoms with Crippen molar-refractivity contribution >= 4 is 23.2 Å². The smallest absolute Gasteiger partial charge is 0.0934 e. The van der Waals surface area contributed by atoms with Crippen LogP contribution in [0.1, 0.15) is 11.1 Å². The molecule has 0 amide bonds. The SMILES string of the molecule is ClCC(Cc1ccoc1)Cc1cccc(Cl)c1. The van der Waals surface area contributed by atoms with Crippen molar-refractivity contribution in [3.05, 3.63) is 59.0 Å². The van der Waals surface area contributed by atoms with Gasteiger partial charge in [0, 0.05) is 10.9 Å². The molecule has 1 unspecified atom stereocenters. The summed E-state index contributed by atoms with van der Waals surface area (Å²) in [5, 5.41) is 0.777. The molecule has 0 N–H and O–H groups in total. The van der Waals surface area contributed by atoms with Crippen LogP contribution in [-0.4, -0.2) is 5.88 Å². The van der Waals surface area contributed by atoms with Crippen molar-refractivity contribution in [2.24, 2.45) is 5.92 Å². The summed E-state index contributed by atoms with van der Waals surface area (Å²) >= 11 is 12.0. The zero-order chi connectivity index (χ0) is 12.1. The summed E-state index contributed by atoms with van der Waals surface area (Å²) in [7, 11) is 0. The van der Waals surface area contributed by atoms with E-state index in [0.29, 0.717) is 11.8 Å². The quantitative estimate of drug-likeness (QED) is 0.724. The fourth-order valence-electron chi connectivity index (χ4n) is 1.92. The van der Waals surface area contributed by atoms with Gasteiger partial charge in [0.1, 0.15) is 0 Å². The molecule has 0 radical (unpaired) electrons. The molecular formula is C14H14Cl2O. The van der Waals surface area contributed by atoms with E-state index in [2.05, 4.69) is 6.07 Å². The van der Waals surface area contributed by atoms with E-state index in [9.17, 15) is 0 Å². The number of halogens is 2. The third-order valence-electron chi connectivity index (χ3n) is 2.74. The topological polar surface area (TPSA) is 13.1 Å². The highest BCUT2D eigenvalue weighted by Crippen LogP contribution is 2.19. The Morgan fingerprint density at radius 1 is 1.12 bits per heavy atom. The van der Waals surface area contributed by atoms with Gasteiger partial charge in [-0.15, -0.1) is 11.6 Å². The molecule has 2 aromatic rings.